The minimum atomic E-state index is -0.873. The maximum atomic E-state index is 10.7. The second-order valence-corrected chi connectivity index (χ2v) is 8.72. The van der Waals surface area contributed by atoms with E-state index in [1.165, 1.54) is 12.8 Å². The normalized spacial score (nSPS) is 31.5. The predicted molar refractivity (Wildman–Crippen MR) is 101 cm³/mol. The van der Waals surface area contributed by atoms with Crippen LogP contribution in [0.1, 0.15) is 25.7 Å². The van der Waals surface area contributed by atoms with Crippen LogP contribution in [-0.4, -0.2) is 88.5 Å². The number of hydrogen-bond donors (Lipinski definition) is 1. The third kappa shape index (κ3) is 7.76. The van der Waals surface area contributed by atoms with E-state index in [4.69, 9.17) is 28.4 Å². The maximum absolute atomic E-state index is 10.7. The molecule has 1 N–H and O–H groups in total. The molecule has 0 radical (unpaired) electrons. The summed E-state index contributed by atoms with van der Waals surface area (Å²) in [6, 6.07) is 2.33. The molecule has 0 aromatic carbocycles. The Morgan fingerprint density at radius 1 is 0.931 bits per heavy atom. The van der Waals surface area contributed by atoms with Gasteiger partial charge in [-0.3, -0.25) is 0 Å². The zero-order chi connectivity index (χ0) is 20.1. The van der Waals surface area contributed by atoms with Crippen molar-refractivity contribution in [2.75, 3.05) is 52.9 Å². The quantitative estimate of drug-likeness (QED) is 0.352. The monoisotopic (exact) mass is 411 g/mol. The number of nitrogens with zero attached hydrogens (tertiary/aromatic N) is 1. The van der Waals surface area contributed by atoms with Gasteiger partial charge >= 0.3 is 0 Å². The van der Waals surface area contributed by atoms with Crippen LogP contribution in [-0.2, 0) is 28.4 Å². The molecule has 1 aliphatic carbocycles. The Hall–Kier alpha value is -0.790. The lowest BCUT2D eigenvalue weighted by Gasteiger charge is -2.32. The molecule has 7 atom stereocenters. The topological polar surface area (TPSA) is 109 Å². The molecule has 0 bridgehead atoms. The Kier molecular flexibility index (Phi) is 7.76. The smallest absolute Gasteiger partial charge is 0.104 e. The van der Waals surface area contributed by atoms with Gasteiger partial charge in [-0.25, -0.2) is 0 Å². The first-order chi connectivity index (χ1) is 14.2. The van der Waals surface area contributed by atoms with Gasteiger partial charge in [-0.1, -0.05) is 0 Å². The molecule has 0 amide bonds. The van der Waals surface area contributed by atoms with Crippen LogP contribution in [0.3, 0.4) is 0 Å². The molecule has 3 heterocycles. The number of nitriles is 1. The van der Waals surface area contributed by atoms with Gasteiger partial charge < -0.3 is 33.5 Å². The molecule has 8 heteroatoms. The summed E-state index contributed by atoms with van der Waals surface area (Å²) in [5.41, 5.74) is 0. The fourth-order valence-corrected chi connectivity index (χ4v) is 3.58. The summed E-state index contributed by atoms with van der Waals surface area (Å²) in [6.45, 7) is 4.46. The molecule has 4 rings (SSSR count). The Morgan fingerprint density at radius 3 is 2.10 bits per heavy atom. The predicted octanol–water partition coefficient (Wildman–Crippen LogP) is 0.908. The summed E-state index contributed by atoms with van der Waals surface area (Å²) in [6.07, 6.45) is 3.50. The number of epoxide rings is 3. The summed E-state index contributed by atoms with van der Waals surface area (Å²) in [5, 5.41) is 20.6. The van der Waals surface area contributed by atoms with Crippen LogP contribution in [0, 0.1) is 29.1 Å². The van der Waals surface area contributed by atoms with Gasteiger partial charge in [-0.05, 0) is 31.6 Å². The fourth-order valence-electron chi connectivity index (χ4n) is 3.58. The van der Waals surface area contributed by atoms with Crippen molar-refractivity contribution in [3.05, 3.63) is 0 Å². The van der Waals surface area contributed by atoms with Crippen molar-refractivity contribution in [3.63, 3.8) is 0 Å². The van der Waals surface area contributed by atoms with Crippen molar-refractivity contribution in [2.24, 2.45) is 17.8 Å². The third-order valence-corrected chi connectivity index (χ3v) is 5.95. The lowest BCUT2D eigenvalue weighted by molar-refractivity contribution is -0.0832. The van der Waals surface area contributed by atoms with Crippen molar-refractivity contribution in [3.8, 4) is 6.07 Å². The molecule has 164 valence electrons. The van der Waals surface area contributed by atoms with Crippen molar-refractivity contribution >= 4 is 0 Å². The lowest BCUT2D eigenvalue weighted by atomic mass is 9.81. The van der Waals surface area contributed by atoms with Gasteiger partial charge in [0.2, 0.25) is 0 Å². The third-order valence-electron chi connectivity index (χ3n) is 5.95. The number of ether oxygens (including phenoxy) is 6. The minimum Gasteiger partial charge on any atom is -0.389 e. The number of aliphatic hydroxyl groups is 1. The molecule has 0 aromatic heterocycles. The minimum absolute atomic E-state index is 0.126. The second-order valence-electron chi connectivity index (χ2n) is 8.72. The van der Waals surface area contributed by atoms with E-state index in [2.05, 4.69) is 6.07 Å². The number of hydrogen-bond acceptors (Lipinski definition) is 8. The summed E-state index contributed by atoms with van der Waals surface area (Å²) in [4.78, 5) is 0. The van der Waals surface area contributed by atoms with E-state index in [1.807, 2.05) is 0 Å². The van der Waals surface area contributed by atoms with Crippen LogP contribution in [0.5, 0.6) is 0 Å². The molecular formula is C21H33NO7. The van der Waals surface area contributed by atoms with E-state index in [9.17, 15) is 10.4 Å². The van der Waals surface area contributed by atoms with E-state index in [0.29, 0.717) is 39.0 Å². The van der Waals surface area contributed by atoms with Crippen LogP contribution >= 0.6 is 0 Å². The van der Waals surface area contributed by atoms with E-state index in [-0.39, 0.29) is 36.9 Å². The molecule has 3 saturated heterocycles. The van der Waals surface area contributed by atoms with Crippen molar-refractivity contribution < 1.29 is 33.5 Å². The summed E-state index contributed by atoms with van der Waals surface area (Å²) >= 11 is 0. The Balaban J connectivity index is 1.35. The molecule has 29 heavy (non-hydrogen) atoms. The number of rotatable bonds is 17. The van der Waals surface area contributed by atoms with E-state index in [1.54, 1.807) is 0 Å². The first-order valence-electron chi connectivity index (χ1n) is 10.9. The SMILES string of the molecule is N#CC(C(O)COCC1CO1)C(CCC1CO1)C(COCC1CO1)OCC1CC1. The van der Waals surface area contributed by atoms with Gasteiger partial charge in [0, 0.05) is 12.5 Å². The second kappa shape index (κ2) is 10.5. The molecule has 0 spiro atoms. The van der Waals surface area contributed by atoms with Gasteiger partial charge in [0.1, 0.15) is 12.2 Å². The van der Waals surface area contributed by atoms with E-state index < -0.39 is 12.0 Å². The van der Waals surface area contributed by atoms with Crippen LogP contribution in [0.4, 0.5) is 0 Å². The highest BCUT2D eigenvalue weighted by Crippen LogP contribution is 2.34. The highest BCUT2D eigenvalue weighted by atomic mass is 16.6. The summed E-state index contributed by atoms with van der Waals surface area (Å²) in [7, 11) is 0. The molecule has 3 aliphatic heterocycles. The first-order valence-corrected chi connectivity index (χ1v) is 10.9. The molecule has 8 nitrogen and oxygen atoms in total. The van der Waals surface area contributed by atoms with Gasteiger partial charge in [0.25, 0.3) is 0 Å². The molecule has 7 unspecified atom stereocenters. The fraction of sp³-hybridized carbons (Fsp3) is 0.952. The van der Waals surface area contributed by atoms with Crippen LogP contribution in [0.15, 0.2) is 0 Å². The summed E-state index contributed by atoms with van der Waals surface area (Å²) < 4.78 is 33.4. The summed E-state index contributed by atoms with van der Waals surface area (Å²) in [5.74, 6) is -0.110. The van der Waals surface area contributed by atoms with Crippen LogP contribution < -0.4 is 0 Å². The Morgan fingerprint density at radius 2 is 1.55 bits per heavy atom. The van der Waals surface area contributed by atoms with E-state index >= 15 is 0 Å². The van der Waals surface area contributed by atoms with Crippen LogP contribution in [0.2, 0.25) is 0 Å². The molecule has 0 aromatic rings. The number of aliphatic hydroxyl groups excluding tert-OH is 1. The first kappa shape index (κ1) is 21.4. The molecular weight excluding hydrogens is 378 g/mol. The largest absolute Gasteiger partial charge is 0.389 e. The van der Waals surface area contributed by atoms with Gasteiger partial charge in [0.15, 0.2) is 0 Å². The van der Waals surface area contributed by atoms with Gasteiger partial charge in [-0.15, -0.1) is 0 Å². The average molecular weight is 411 g/mol. The zero-order valence-corrected chi connectivity index (χ0v) is 16.9. The van der Waals surface area contributed by atoms with Gasteiger partial charge in [-0.2, -0.15) is 5.26 Å². The molecule has 4 fully saturated rings. The van der Waals surface area contributed by atoms with Crippen molar-refractivity contribution in [1.82, 2.24) is 0 Å². The van der Waals surface area contributed by atoms with Crippen LogP contribution in [0.25, 0.3) is 0 Å². The Labute approximate surface area is 172 Å². The zero-order valence-electron chi connectivity index (χ0n) is 16.9. The standard InChI is InChI=1S/C21H33NO7/c22-5-19(20(23)12-24-7-16-10-27-16)18(4-3-15-9-26-15)21(29-6-14-1-2-14)13-25-8-17-11-28-17/h14-21,23H,1-4,6-13H2. The van der Waals surface area contributed by atoms with E-state index in [0.717, 1.165) is 26.1 Å². The maximum Gasteiger partial charge on any atom is 0.104 e. The van der Waals surface area contributed by atoms with Gasteiger partial charge in [0.05, 0.1) is 76.5 Å². The average Bonchev–Trinajstić information content (AvgIpc) is 3.57. The van der Waals surface area contributed by atoms with Crippen molar-refractivity contribution in [2.45, 2.75) is 56.2 Å². The molecule has 1 saturated carbocycles. The van der Waals surface area contributed by atoms with Crippen molar-refractivity contribution in [1.29, 1.82) is 5.26 Å². The Bertz CT molecular complexity index is 540. The highest BCUT2D eigenvalue weighted by Gasteiger charge is 2.38. The highest BCUT2D eigenvalue weighted by molar-refractivity contribution is 4.97. The molecule has 4 aliphatic rings. The lowest BCUT2D eigenvalue weighted by Crippen LogP contribution is -2.41.